The zero-order valence-corrected chi connectivity index (χ0v) is 4.26. The Morgan fingerprint density at radius 2 is 2.57 bits per heavy atom. The molecule has 1 atom stereocenters. The maximum absolute atomic E-state index is 3.78. The molecule has 1 N–H and O–H groups in total. The number of nitrogens with zero attached hydrogens (tertiary/aromatic N) is 2. The molecule has 7 heavy (non-hydrogen) atoms. The van der Waals surface area contributed by atoms with Crippen LogP contribution >= 0.6 is 0 Å². The molecule has 0 spiro atoms. The third kappa shape index (κ3) is 1.08. The Bertz CT molecular complexity index is 106. The van der Waals surface area contributed by atoms with Crippen molar-refractivity contribution in [3.05, 3.63) is 12.3 Å². The third-order valence-corrected chi connectivity index (χ3v) is 0.814. The fourth-order valence-corrected chi connectivity index (χ4v) is 0.443. The predicted molar refractivity (Wildman–Crippen MR) is 25.7 cm³/mol. The summed E-state index contributed by atoms with van der Waals surface area (Å²) in [7, 11) is 1.97. The first kappa shape index (κ1) is 4.46. The van der Waals surface area contributed by atoms with E-state index in [1.165, 1.54) is 0 Å². The summed E-state index contributed by atoms with van der Waals surface area (Å²) in [6, 6.07) is 0. The minimum atomic E-state index is 0.962. The van der Waals surface area contributed by atoms with Crippen molar-refractivity contribution in [1.29, 1.82) is 0 Å². The molecule has 0 aliphatic carbocycles. The summed E-state index contributed by atoms with van der Waals surface area (Å²) in [6.07, 6.45) is 3.70. The SMILES string of the molecule is C[NH+]1CC=CN=N1. The standard InChI is InChI=1S/C4H7N3/c1-7-4-2-3-5-6-7/h2-3H,4H2,1H3/p+1. The van der Waals surface area contributed by atoms with E-state index < -0.39 is 0 Å². The Morgan fingerprint density at radius 3 is 2.86 bits per heavy atom. The van der Waals surface area contributed by atoms with Crippen LogP contribution in [0, 0.1) is 0 Å². The lowest BCUT2D eigenvalue weighted by Crippen LogP contribution is -3.04. The molecule has 0 saturated carbocycles. The first-order valence-corrected chi connectivity index (χ1v) is 2.28. The van der Waals surface area contributed by atoms with Gasteiger partial charge in [0.1, 0.15) is 6.54 Å². The van der Waals surface area contributed by atoms with Gasteiger partial charge >= 0.3 is 0 Å². The molecule has 0 saturated heterocycles. The molecule has 3 heteroatoms. The van der Waals surface area contributed by atoms with Crippen molar-refractivity contribution in [2.24, 2.45) is 10.3 Å². The molecule has 0 bridgehead atoms. The van der Waals surface area contributed by atoms with Gasteiger partial charge in [0, 0.05) is 5.22 Å². The molecule has 0 aromatic heterocycles. The summed E-state index contributed by atoms with van der Waals surface area (Å²) in [4.78, 5) is 0. The van der Waals surface area contributed by atoms with Crippen LogP contribution in [0.1, 0.15) is 0 Å². The molecule has 0 fully saturated rings. The van der Waals surface area contributed by atoms with Crippen molar-refractivity contribution in [3.8, 4) is 0 Å². The normalized spacial score (nSPS) is 28.4. The van der Waals surface area contributed by atoms with Crippen molar-refractivity contribution in [3.63, 3.8) is 0 Å². The molecule has 38 valence electrons. The second-order valence-corrected chi connectivity index (χ2v) is 1.54. The van der Waals surface area contributed by atoms with Crippen LogP contribution in [0.15, 0.2) is 22.6 Å². The Kier molecular flexibility index (Phi) is 1.17. The van der Waals surface area contributed by atoms with Gasteiger partial charge in [0.05, 0.1) is 13.2 Å². The summed E-state index contributed by atoms with van der Waals surface area (Å²) in [5.41, 5.74) is 0. The second-order valence-electron chi connectivity index (χ2n) is 1.54. The number of quaternary nitrogens is 1. The summed E-state index contributed by atoms with van der Waals surface area (Å²) in [5, 5.41) is 8.54. The van der Waals surface area contributed by atoms with Gasteiger partial charge < -0.3 is 0 Å². The lowest BCUT2D eigenvalue weighted by Gasteiger charge is -2.00. The molecule has 0 amide bonds. The number of likely N-dealkylation sites (N-methyl/N-ethyl adjacent to an activating group) is 1. The van der Waals surface area contributed by atoms with Gasteiger partial charge in [-0.1, -0.05) is 0 Å². The van der Waals surface area contributed by atoms with Gasteiger partial charge in [0.2, 0.25) is 0 Å². The van der Waals surface area contributed by atoms with Crippen LogP contribution in [0.5, 0.6) is 0 Å². The van der Waals surface area contributed by atoms with Crippen molar-refractivity contribution in [2.75, 3.05) is 13.6 Å². The van der Waals surface area contributed by atoms with E-state index >= 15 is 0 Å². The highest BCUT2D eigenvalue weighted by molar-refractivity contribution is 4.77. The minimum Gasteiger partial charge on any atom is -0.188 e. The Labute approximate surface area is 42.3 Å². The van der Waals surface area contributed by atoms with Crippen LogP contribution < -0.4 is 5.01 Å². The van der Waals surface area contributed by atoms with E-state index in [4.69, 9.17) is 0 Å². The fraction of sp³-hybridized carbons (Fsp3) is 0.500. The van der Waals surface area contributed by atoms with E-state index in [0.29, 0.717) is 0 Å². The molecule has 0 aromatic carbocycles. The van der Waals surface area contributed by atoms with E-state index in [2.05, 4.69) is 10.3 Å². The molecule has 1 aliphatic rings. The number of nitrogens with one attached hydrogen (secondary N) is 1. The third-order valence-electron chi connectivity index (χ3n) is 0.814. The largest absolute Gasteiger partial charge is 0.188 e. The van der Waals surface area contributed by atoms with Crippen LogP contribution in [0.25, 0.3) is 0 Å². The Morgan fingerprint density at radius 1 is 1.71 bits per heavy atom. The first-order valence-electron chi connectivity index (χ1n) is 2.28. The number of hydrogen-bond acceptors (Lipinski definition) is 2. The van der Waals surface area contributed by atoms with Crippen molar-refractivity contribution in [1.82, 2.24) is 0 Å². The van der Waals surface area contributed by atoms with E-state index in [0.717, 1.165) is 11.6 Å². The van der Waals surface area contributed by atoms with E-state index in [-0.39, 0.29) is 0 Å². The van der Waals surface area contributed by atoms with Crippen LogP contribution in [0.3, 0.4) is 0 Å². The van der Waals surface area contributed by atoms with Crippen molar-refractivity contribution in [2.45, 2.75) is 0 Å². The molecule has 1 aliphatic heterocycles. The maximum atomic E-state index is 3.78. The summed E-state index contributed by atoms with van der Waals surface area (Å²) in [5.74, 6) is 0. The van der Waals surface area contributed by atoms with Gasteiger partial charge in [-0.25, -0.2) is 0 Å². The molecular weight excluding hydrogens is 90.1 g/mol. The van der Waals surface area contributed by atoms with Gasteiger partial charge in [0.25, 0.3) is 0 Å². The molecule has 1 unspecified atom stereocenters. The fourth-order valence-electron chi connectivity index (χ4n) is 0.443. The summed E-state index contributed by atoms with van der Waals surface area (Å²) >= 11 is 0. The minimum absolute atomic E-state index is 0.962. The zero-order chi connectivity index (χ0) is 5.11. The average molecular weight is 98.1 g/mol. The number of hydrogen-bond donors (Lipinski definition) is 1. The topological polar surface area (TPSA) is 29.2 Å². The molecule has 3 nitrogen and oxygen atoms in total. The highest BCUT2D eigenvalue weighted by atomic mass is 15.5. The van der Waals surface area contributed by atoms with Gasteiger partial charge in [-0.2, -0.15) is 5.01 Å². The van der Waals surface area contributed by atoms with Crippen LogP contribution in [-0.2, 0) is 0 Å². The second kappa shape index (κ2) is 1.84. The lowest BCUT2D eigenvalue weighted by atomic mass is 10.6. The van der Waals surface area contributed by atoms with Crippen molar-refractivity contribution >= 4 is 0 Å². The Hall–Kier alpha value is -0.700. The van der Waals surface area contributed by atoms with Gasteiger partial charge in [-0.15, -0.1) is 5.11 Å². The quantitative estimate of drug-likeness (QED) is 0.419. The highest BCUT2D eigenvalue weighted by Gasteiger charge is 1.95. The molecule has 0 aromatic rings. The molecule has 1 rings (SSSR count). The summed E-state index contributed by atoms with van der Waals surface area (Å²) < 4.78 is 0. The predicted octanol–water partition coefficient (Wildman–Crippen LogP) is -0.604. The van der Waals surface area contributed by atoms with Gasteiger partial charge in [0.15, 0.2) is 0 Å². The van der Waals surface area contributed by atoms with Crippen LogP contribution in [0.4, 0.5) is 0 Å². The van der Waals surface area contributed by atoms with Gasteiger partial charge in [-0.05, 0) is 6.08 Å². The van der Waals surface area contributed by atoms with Crippen LogP contribution in [-0.4, -0.2) is 13.6 Å². The molecule has 0 radical (unpaired) electrons. The first-order chi connectivity index (χ1) is 3.39. The highest BCUT2D eigenvalue weighted by Crippen LogP contribution is 1.74. The smallest absolute Gasteiger partial charge is 0.123 e. The van der Waals surface area contributed by atoms with Gasteiger partial charge in [-0.3, -0.25) is 0 Å². The Balaban J connectivity index is 2.49. The van der Waals surface area contributed by atoms with E-state index in [9.17, 15) is 0 Å². The zero-order valence-electron chi connectivity index (χ0n) is 4.26. The van der Waals surface area contributed by atoms with Crippen molar-refractivity contribution < 1.29 is 5.01 Å². The summed E-state index contributed by atoms with van der Waals surface area (Å²) in [6.45, 7) is 0.962. The monoisotopic (exact) mass is 98.1 g/mol. The van der Waals surface area contributed by atoms with E-state index in [1.54, 1.807) is 6.20 Å². The molecule has 1 heterocycles. The van der Waals surface area contributed by atoms with Crippen LogP contribution in [0.2, 0.25) is 0 Å². The van der Waals surface area contributed by atoms with E-state index in [1.807, 2.05) is 13.1 Å². The maximum Gasteiger partial charge on any atom is 0.123 e. The lowest BCUT2D eigenvalue weighted by molar-refractivity contribution is -0.887. The number of rotatable bonds is 0. The average Bonchev–Trinajstić information content (AvgIpc) is 1.69. The molecular formula is C4H8N3+.